The first-order chi connectivity index (χ1) is 8.56. The zero-order chi connectivity index (χ0) is 13.6. The van der Waals surface area contributed by atoms with Gasteiger partial charge in [-0.1, -0.05) is 31.5 Å². The van der Waals surface area contributed by atoms with E-state index in [1.54, 1.807) is 6.07 Å². The summed E-state index contributed by atoms with van der Waals surface area (Å²) in [6.07, 6.45) is 1.90. The molecule has 0 aliphatic rings. The predicted octanol–water partition coefficient (Wildman–Crippen LogP) is 2.59. The fraction of sp³-hybridized carbons (Fsp3) is 0.600. The maximum Gasteiger partial charge on any atom is 0.120 e. The van der Waals surface area contributed by atoms with Gasteiger partial charge in [0.05, 0.1) is 0 Å². The molecule has 0 saturated heterocycles. The Kier molecular flexibility index (Phi) is 5.63. The number of phenols is 1. The molecule has 0 aromatic heterocycles. The third kappa shape index (κ3) is 3.72. The van der Waals surface area contributed by atoms with E-state index in [9.17, 15) is 10.2 Å². The molecule has 1 rings (SSSR count). The highest BCUT2D eigenvalue weighted by atomic mass is 16.3. The summed E-state index contributed by atoms with van der Waals surface area (Å²) < 4.78 is 0. The Bertz CT molecular complexity index is 364. The number of hydrogen-bond acceptors (Lipinski definition) is 3. The molecule has 3 heteroatoms. The van der Waals surface area contributed by atoms with Gasteiger partial charge in [-0.05, 0) is 25.8 Å². The molecular formula is C15H25NO2. The molecule has 18 heavy (non-hydrogen) atoms. The zero-order valence-electron chi connectivity index (χ0n) is 11.7. The van der Waals surface area contributed by atoms with Crippen molar-refractivity contribution >= 4 is 0 Å². The molecule has 0 aliphatic carbocycles. The molecule has 0 spiro atoms. The molecule has 1 aromatic rings. The SMILES string of the molecule is CCC(CC)(CO)CNCc1cc(C)ccc1O. The van der Waals surface area contributed by atoms with E-state index in [4.69, 9.17) is 0 Å². The van der Waals surface area contributed by atoms with Crippen LogP contribution in [0.4, 0.5) is 0 Å². The van der Waals surface area contributed by atoms with Gasteiger partial charge in [-0.2, -0.15) is 0 Å². The van der Waals surface area contributed by atoms with Crippen molar-refractivity contribution in [1.82, 2.24) is 5.32 Å². The van der Waals surface area contributed by atoms with Crippen LogP contribution in [0.1, 0.15) is 37.8 Å². The van der Waals surface area contributed by atoms with E-state index in [1.165, 1.54) is 0 Å². The number of nitrogens with one attached hydrogen (secondary N) is 1. The Balaban J connectivity index is 2.57. The third-order valence-corrected chi connectivity index (χ3v) is 3.89. The Hall–Kier alpha value is -1.06. The molecule has 0 amide bonds. The molecule has 0 bridgehead atoms. The summed E-state index contributed by atoms with van der Waals surface area (Å²) in [6, 6.07) is 5.61. The van der Waals surface area contributed by atoms with Gasteiger partial charge >= 0.3 is 0 Å². The average Bonchev–Trinajstić information content (AvgIpc) is 2.39. The first-order valence-electron chi connectivity index (χ1n) is 6.67. The van der Waals surface area contributed by atoms with Crippen LogP contribution in [0.25, 0.3) is 0 Å². The largest absolute Gasteiger partial charge is 0.508 e. The molecule has 3 nitrogen and oxygen atoms in total. The molecule has 102 valence electrons. The smallest absolute Gasteiger partial charge is 0.120 e. The number of aryl methyl sites for hydroxylation is 1. The topological polar surface area (TPSA) is 52.5 Å². The van der Waals surface area contributed by atoms with Gasteiger partial charge in [0.2, 0.25) is 0 Å². The fourth-order valence-electron chi connectivity index (χ4n) is 2.10. The highest BCUT2D eigenvalue weighted by Gasteiger charge is 2.24. The lowest BCUT2D eigenvalue weighted by molar-refractivity contribution is 0.113. The third-order valence-electron chi connectivity index (χ3n) is 3.89. The Morgan fingerprint density at radius 3 is 2.44 bits per heavy atom. The van der Waals surface area contributed by atoms with Crippen LogP contribution in [-0.4, -0.2) is 23.4 Å². The summed E-state index contributed by atoms with van der Waals surface area (Å²) in [5, 5.41) is 22.6. The fourth-order valence-corrected chi connectivity index (χ4v) is 2.10. The van der Waals surface area contributed by atoms with Crippen molar-refractivity contribution in [3.05, 3.63) is 29.3 Å². The summed E-state index contributed by atoms with van der Waals surface area (Å²) in [4.78, 5) is 0. The number of rotatable bonds is 7. The number of aromatic hydroxyl groups is 1. The Morgan fingerprint density at radius 1 is 1.22 bits per heavy atom. The number of benzene rings is 1. The minimum Gasteiger partial charge on any atom is -0.508 e. The molecule has 0 radical (unpaired) electrons. The van der Waals surface area contributed by atoms with Gasteiger partial charge < -0.3 is 15.5 Å². The molecule has 0 atom stereocenters. The second-order valence-corrected chi connectivity index (χ2v) is 5.10. The number of hydrogen-bond donors (Lipinski definition) is 3. The van der Waals surface area contributed by atoms with Crippen LogP contribution < -0.4 is 5.32 Å². The van der Waals surface area contributed by atoms with Gasteiger partial charge in [0.25, 0.3) is 0 Å². The second-order valence-electron chi connectivity index (χ2n) is 5.10. The molecule has 1 aromatic carbocycles. The number of aliphatic hydroxyl groups is 1. The van der Waals surface area contributed by atoms with E-state index in [1.807, 2.05) is 19.1 Å². The normalized spacial score (nSPS) is 11.8. The van der Waals surface area contributed by atoms with Gasteiger partial charge in [-0.25, -0.2) is 0 Å². The minimum absolute atomic E-state index is 0.0422. The molecular weight excluding hydrogens is 226 g/mol. The number of phenolic OH excluding ortho intramolecular Hbond substituents is 1. The summed E-state index contributed by atoms with van der Waals surface area (Å²) in [6.45, 7) is 7.82. The highest BCUT2D eigenvalue weighted by Crippen LogP contribution is 2.25. The maximum atomic E-state index is 9.75. The van der Waals surface area contributed by atoms with Crippen molar-refractivity contribution in [3.63, 3.8) is 0 Å². The van der Waals surface area contributed by atoms with Crippen molar-refractivity contribution in [2.75, 3.05) is 13.2 Å². The van der Waals surface area contributed by atoms with Crippen LogP contribution in [0.2, 0.25) is 0 Å². The Labute approximate surface area is 110 Å². The summed E-state index contributed by atoms with van der Waals surface area (Å²) in [5.41, 5.74) is 2.01. The van der Waals surface area contributed by atoms with E-state index in [0.29, 0.717) is 12.3 Å². The van der Waals surface area contributed by atoms with Gasteiger partial charge in [0.1, 0.15) is 5.75 Å². The molecule has 0 heterocycles. The van der Waals surface area contributed by atoms with E-state index >= 15 is 0 Å². The van der Waals surface area contributed by atoms with E-state index in [-0.39, 0.29) is 12.0 Å². The predicted molar refractivity (Wildman–Crippen MR) is 74.7 cm³/mol. The van der Waals surface area contributed by atoms with Gasteiger partial charge in [-0.3, -0.25) is 0 Å². The highest BCUT2D eigenvalue weighted by molar-refractivity contribution is 5.35. The van der Waals surface area contributed by atoms with Crippen LogP contribution in [0, 0.1) is 12.3 Å². The van der Waals surface area contributed by atoms with E-state index in [0.717, 1.165) is 30.5 Å². The molecule has 0 aliphatic heterocycles. The lowest BCUT2D eigenvalue weighted by atomic mass is 9.83. The first kappa shape index (κ1) is 15.0. The molecule has 0 saturated carbocycles. The van der Waals surface area contributed by atoms with Gasteiger partial charge in [-0.15, -0.1) is 0 Å². The second kappa shape index (κ2) is 6.76. The van der Waals surface area contributed by atoms with Gasteiger partial charge in [0.15, 0.2) is 0 Å². The summed E-state index contributed by atoms with van der Waals surface area (Å²) in [5.74, 6) is 0.329. The summed E-state index contributed by atoms with van der Waals surface area (Å²) in [7, 11) is 0. The van der Waals surface area contributed by atoms with Crippen LogP contribution in [0.5, 0.6) is 5.75 Å². The van der Waals surface area contributed by atoms with E-state index in [2.05, 4.69) is 19.2 Å². The monoisotopic (exact) mass is 251 g/mol. The maximum absolute atomic E-state index is 9.75. The first-order valence-corrected chi connectivity index (χ1v) is 6.67. The molecule has 0 fully saturated rings. The molecule has 3 N–H and O–H groups in total. The molecule has 0 unspecified atom stereocenters. The quantitative estimate of drug-likeness (QED) is 0.698. The van der Waals surface area contributed by atoms with E-state index < -0.39 is 0 Å². The van der Waals surface area contributed by atoms with Crippen molar-refractivity contribution < 1.29 is 10.2 Å². The van der Waals surface area contributed by atoms with Gasteiger partial charge in [0, 0.05) is 30.7 Å². The van der Waals surface area contributed by atoms with Crippen molar-refractivity contribution in [3.8, 4) is 5.75 Å². The van der Waals surface area contributed by atoms with Crippen molar-refractivity contribution in [2.45, 2.75) is 40.2 Å². The number of aliphatic hydroxyl groups excluding tert-OH is 1. The van der Waals surface area contributed by atoms with Crippen LogP contribution in [0.3, 0.4) is 0 Å². The van der Waals surface area contributed by atoms with Crippen LogP contribution in [-0.2, 0) is 6.54 Å². The summed E-state index contributed by atoms with van der Waals surface area (Å²) >= 11 is 0. The Morgan fingerprint density at radius 2 is 1.89 bits per heavy atom. The lowest BCUT2D eigenvalue weighted by Gasteiger charge is -2.29. The van der Waals surface area contributed by atoms with Crippen LogP contribution >= 0.6 is 0 Å². The van der Waals surface area contributed by atoms with Crippen molar-refractivity contribution in [2.24, 2.45) is 5.41 Å². The lowest BCUT2D eigenvalue weighted by Crippen LogP contribution is -2.36. The minimum atomic E-state index is -0.0422. The average molecular weight is 251 g/mol. The van der Waals surface area contributed by atoms with Crippen molar-refractivity contribution in [1.29, 1.82) is 0 Å². The zero-order valence-corrected chi connectivity index (χ0v) is 11.7. The standard InChI is InChI=1S/C15H25NO2/c1-4-15(5-2,11-17)10-16-9-13-8-12(3)6-7-14(13)18/h6-8,16-18H,4-5,9-11H2,1-3H3. The van der Waals surface area contributed by atoms with Crippen LogP contribution in [0.15, 0.2) is 18.2 Å².